The molecule has 0 radical (unpaired) electrons. The predicted molar refractivity (Wildman–Crippen MR) is 83.6 cm³/mol. The van der Waals surface area contributed by atoms with Crippen molar-refractivity contribution >= 4 is 79.4 Å². The lowest BCUT2D eigenvalue weighted by Crippen LogP contribution is -2.19. The maximum Gasteiger partial charge on any atom is 0.281 e. The Hall–Kier alpha value is 0.930. The standard InChI is InChI=1S/C8H4B2S6/c1-5-6(2-11-1)14-9(13-5)10-15-7-3-12-4-8(7)16-10/h1-4H. The first kappa shape index (κ1) is 10.8. The number of rotatable bonds is 1. The van der Waals surface area contributed by atoms with E-state index in [1.807, 2.05) is 69.1 Å². The summed E-state index contributed by atoms with van der Waals surface area (Å²) in [6, 6.07) is 0. The van der Waals surface area contributed by atoms with Gasteiger partial charge in [0.15, 0.2) is 0 Å². The first-order valence-corrected chi connectivity index (χ1v) is 10.1. The highest BCUT2D eigenvalue weighted by atomic mass is 32.2. The van der Waals surface area contributed by atoms with E-state index >= 15 is 0 Å². The fourth-order valence-corrected chi connectivity index (χ4v) is 10.3. The van der Waals surface area contributed by atoms with Crippen molar-refractivity contribution < 1.29 is 0 Å². The summed E-state index contributed by atoms with van der Waals surface area (Å²) in [5, 5.41) is 10.5. The summed E-state index contributed by atoms with van der Waals surface area (Å²) in [6.07, 6.45) is 0. The minimum Gasteiger partial charge on any atom is -0.165 e. The van der Waals surface area contributed by atoms with Crippen molar-refractivity contribution in [3.63, 3.8) is 0 Å². The Bertz CT molecular complexity index is 445. The molecular formula is C8H4B2S6. The largest absolute Gasteiger partial charge is 0.281 e. The molecule has 0 fully saturated rings. The summed E-state index contributed by atoms with van der Waals surface area (Å²) in [5.41, 5.74) is 0. The molecule has 8 heteroatoms. The van der Waals surface area contributed by atoms with Gasteiger partial charge in [0, 0.05) is 41.1 Å². The van der Waals surface area contributed by atoms with Crippen LogP contribution in [0.15, 0.2) is 41.1 Å². The molecule has 0 unspecified atom stereocenters. The highest BCUT2D eigenvalue weighted by molar-refractivity contribution is 8.78. The highest BCUT2D eigenvalue weighted by Gasteiger charge is 2.42. The lowest BCUT2D eigenvalue weighted by atomic mass is 9.72. The van der Waals surface area contributed by atoms with E-state index in [4.69, 9.17) is 0 Å². The van der Waals surface area contributed by atoms with Gasteiger partial charge in [0.1, 0.15) is 0 Å². The molecule has 0 saturated carbocycles. The van der Waals surface area contributed by atoms with Gasteiger partial charge in [0.25, 0.3) is 10.3 Å². The van der Waals surface area contributed by atoms with Crippen LogP contribution in [-0.2, 0) is 0 Å². The van der Waals surface area contributed by atoms with Crippen LogP contribution >= 0.6 is 69.1 Å². The quantitative estimate of drug-likeness (QED) is 0.682. The van der Waals surface area contributed by atoms with E-state index in [2.05, 4.69) is 21.5 Å². The molecule has 0 N–H and O–H groups in total. The van der Waals surface area contributed by atoms with Crippen LogP contribution in [-0.4, -0.2) is 10.3 Å². The molecule has 0 spiro atoms. The second kappa shape index (κ2) is 4.24. The zero-order chi connectivity index (χ0) is 10.5. The lowest BCUT2D eigenvalue weighted by Gasteiger charge is -2.06. The average molecular weight is 314 g/mol. The molecule has 0 atom stereocenters. The van der Waals surface area contributed by atoms with E-state index in [-0.39, 0.29) is 0 Å². The van der Waals surface area contributed by atoms with Gasteiger partial charge in [-0.25, -0.2) is 0 Å². The molecule has 0 amide bonds. The van der Waals surface area contributed by atoms with Crippen LogP contribution in [0.1, 0.15) is 0 Å². The minimum atomic E-state index is 0.686. The van der Waals surface area contributed by atoms with E-state index in [1.54, 1.807) is 0 Å². The number of fused-ring (bicyclic) bond motifs is 2. The van der Waals surface area contributed by atoms with Gasteiger partial charge in [-0.3, -0.25) is 0 Å². The number of thiophene rings is 2. The normalized spacial score (nSPS) is 18.0. The van der Waals surface area contributed by atoms with Crippen LogP contribution in [0.3, 0.4) is 0 Å². The van der Waals surface area contributed by atoms with Crippen molar-refractivity contribution in [3.05, 3.63) is 21.5 Å². The molecule has 2 aliphatic heterocycles. The smallest absolute Gasteiger partial charge is 0.165 e. The molecule has 2 aromatic heterocycles. The maximum atomic E-state index is 2.28. The zero-order valence-electron chi connectivity index (χ0n) is 7.91. The molecule has 4 rings (SSSR count). The average Bonchev–Trinajstić information content (AvgIpc) is 2.94. The zero-order valence-corrected chi connectivity index (χ0v) is 12.8. The minimum absolute atomic E-state index is 0.686. The summed E-state index contributed by atoms with van der Waals surface area (Å²) < 4.78 is 0. The van der Waals surface area contributed by atoms with Crippen molar-refractivity contribution in [2.45, 2.75) is 19.6 Å². The summed E-state index contributed by atoms with van der Waals surface area (Å²) in [5.74, 6) is 0. The second-order valence-corrected chi connectivity index (χ2v) is 10.2. The van der Waals surface area contributed by atoms with Gasteiger partial charge in [0.2, 0.25) is 0 Å². The van der Waals surface area contributed by atoms with Crippen LogP contribution in [0, 0.1) is 0 Å². The van der Waals surface area contributed by atoms with Gasteiger partial charge in [-0.2, -0.15) is 69.1 Å². The van der Waals surface area contributed by atoms with Crippen LogP contribution < -0.4 is 0 Å². The molecule has 4 heterocycles. The van der Waals surface area contributed by atoms with Crippen molar-refractivity contribution in [2.24, 2.45) is 0 Å². The molecule has 2 aromatic rings. The summed E-state index contributed by atoms with van der Waals surface area (Å²) >= 11 is 11.8. The van der Waals surface area contributed by atoms with Gasteiger partial charge < -0.3 is 0 Å². The number of hydrogen-bond acceptors (Lipinski definition) is 6. The van der Waals surface area contributed by atoms with Crippen LogP contribution in [0.4, 0.5) is 0 Å². The Morgan fingerprint density at radius 3 is 1.19 bits per heavy atom. The lowest BCUT2D eigenvalue weighted by molar-refractivity contribution is 1.36. The van der Waals surface area contributed by atoms with Crippen molar-refractivity contribution in [1.29, 1.82) is 0 Å². The van der Waals surface area contributed by atoms with Gasteiger partial charge in [-0.05, 0) is 0 Å². The third-order valence-electron chi connectivity index (χ3n) is 2.38. The Balaban J connectivity index is 1.54. The Morgan fingerprint density at radius 2 is 0.875 bits per heavy atom. The molecular weight excluding hydrogens is 310 g/mol. The fourth-order valence-electron chi connectivity index (χ4n) is 1.66. The topological polar surface area (TPSA) is 0 Å². The van der Waals surface area contributed by atoms with E-state index in [0.717, 1.165) is 0 Å². The highest BCUT2D eigenvalue weighted by Crippen LogP contribution is 2.56. The SMILES string of the molecule is c1scc2c1SB(B1Sc3cscc3S1)S2. The fraction of sp³-hybridized carbons (Fsp3) is 0. The van der Waals surface area contributed by atoms with Gasteiger partial charge >= 0.3 is 0 Å². The third-order valence-corrected chi connectivity index (χ3v) is 11.0. The molecule has 0 nitrogen and oxygen atoms in total. The third kappa shape index (κ3) is 1.73. The second-order valence-electron chi connectivity index (χ2n) is 3.41. The molecule has 0 bridgehead atoms. The summed E-state index contributed by atoms with van der Waals surface area (Å²) in [4.78, 5) is 5.98. The maximum absolute atomic E-state index is 2.28. The van der Waals surface area contributed by atoms with E-state index in [0.29, 0.717) is 10.3 Å². The van der Waals surface area contributed by atoms with Crippen LogP contribution in [0.5, 0.6) is 0 Å². The predicted octanol–water partition coefficient (Wildman–Crippen LogP) is 4.96. The van der Waals surface area contributed by atoms with E-state index in [9.17, 15) is 0 Å². The van der Waals surface area contributed by atoms with Crippen molar-refractivity contribution in [3.8, 4) is 0 Å². The Kier molecular flexibility index (Phi) is 2.87. The molecule has 0 aromatic carbocycles. The first-order valence-electron chi connectivity index (χ1n) is 4.69. The van der Waals surface area contributed by atoms with Gasteiger partial charge in [0.05, 0.1) is 0 Å². The molecule has 0 saturated heterocycles. The van der Waals surface area contributed by atoms with Gasteiger partial charge in [-0.1, -0.05) is 0 Å². The van der Waals surface area contributed by atoms with E-state index in [1.165, 1.54) is 19.6 Å². The summed E-state index contributed by atoms with van der Waals surface area (Å²) in [7, 11) is 0. The number of hydrogen-bond donors (Lipinski definition) is 0. The van der Waals surface area contributed by atoms with E-state index < -0.39 is 0 Å². The van der Waals surface area contributed by atoms with Gasteiger partial charge in [-0.15, -0.1) is 0 Å². The first-order chi connectivity index (χ1) is 7.90. The summed E-state index contributed by atoms with van der Waals surface area (Å²) in [6.45, 7) is 0. The molecule has 78 valence electrons. The molecule has 2 aliphatic rings. The Morgan fingerprint density at radius 1 is 0.562 bits per heavy atom. The monoisotopic (exact) mass is 314 g/mol. The Labute approximate surface area is 119 Å². The molecule has 0 aliphatic carbocycles. The van der Waals surface area contributed by atoms with Crippen molar-refractivity contribution in [2.75, 3.05) is 0 Å². The van der Waals surface area contributed by atoms with Crippen LogP contribution in [0.25, 0.3) is 0 Å². The van der Waals surface area contributed by atoms with Crippen LogP contribution in [0.2, 0.25) is 0 Å². The van der Waals surface area contributed by atoms with Crippen molar-refractivity contribution in [1.82, 2.24) is 0 Å². The molecule has 16 heavy (non-hydrogen) atoms.